The van der Waals surface area contributed by atoms with Gasteiger partial charge in [-0.25, -0.2) is 0 Å². The van der Waals surface area contributed by atoms with E-state index >= 15 is 0 Å². The maximum Gasteiger partial charge on any atom is 0.224 e. The van der Waals surface area contributed by atoms with Crippen LogP contribution in [0.1, 0.15) is 23.1 Å². The smallest absolute Gasteiger partial charge is 0.224 e. The number of nitrogens with one attached hydrogen (secondary N) is 2. The second-order valence-corrected chi connectivity index (χ2v) is 5.26. The normalized spacial score (nSPS) is 18.9. The van der Waals surface area contributed by atoms with Crippen molar-refractivity contribution in [2.45, 2.75) is 26.7 Å². The zero-order valence-electron chi connectivity index (χ0n) is 11.3. The van der Waals surface area contributed by atoms with Crippen molar-refractivity contribution < 1.29 is 4.79 Å². The number of carbonyl (C=O) groups is 1. The lowest BCUT2D eigenvalue weighted by molar-refractivity contribution is -0.120. The number of hydrogen-bond donors (Lipinski definition) is 2. The standard InChI is InChI=1S/C15H22N2O/c1-11-3-4-13(7-12(11)2)8-15(18)17-10-14-5-6-16-9-14/h3-4,7,14,16H,5-6,8-10H2,1-2H3,(H,17,18). The summed E-state index contributed by atoms with van der Waals surface area (Å²) in [6, 6.07) is 6.23. The van der Waals surface area contributed by atoms with E-state index in [1.165, 1.54) is 17.5 Å². The number of hydrogen-bond acceptors (Lipinski definition) is 2. The molecule has 1 atom stereocenters. The summed E-state index contributed by atoms with van der Waals surface area (Å²) in [6.07, 6.45) is 1.66. The molecule has 1 saturated heterocycles. The Hall–Kier alpha value is -1.35. The molecule has 0 bridgehead atoms. The molecule has 0 aliphatic carbocycles. The van der Waals surface area contributed by atoms with E-state index in [1.807, 2.05) is 6.07 Å². The Morgan fingerprint density at radius 3 is 2.89 bits per heavy atom. The second kappa shape index (κ2) is 6.01. The van der Waals surface area contributed by atoms with Crippen LogP contribution in [0.2, 0.25) is 0 Å². The Morgan fingerprint density at radius 2 is 2.22 bits per heavy atom. The lowest BCUT2D eigenvalue weighted by Gasteiger charge is -2.10. The zero-order valence-corrected chi connectivity index (χ0v) is 11.3. The molecule has 0 aromatic heterocycles. The quantitative estimate of drug-likeness (QED) is 0.846. The Kier molecular flexibility index (Phi) is 4.37. The number of amides is 1. The predicted octanol–water partition coefficient (Wildman–Crippen LogP) is 1.57. The summed E-state index contributed by atoms with van der Waals surface area (Å²) in [6.45, 7) is 7.09. The van der Waals surface area contributed by atoms with Crippen molar-refractivity contribution in [3.8, 4) is 0 Å². The molecule has 1 unspecified atom stereocenters. The molecule has 1 heterocycles. The first-order chi connectivity index (χ1) is 8.65. The molecule has 1 aliphatic heterocycles. The van der Waals surface area contributed by atoms with Crippen molar-refractivity contribution >= 4 is 5.91 Å². The third kappa shape index (κ3) is 3.57. The second-order valence-electron chi connectivity index (χ2n) is 5.26. The predicted molar refractivity (Wildman–Crippen MR) is 73.6 cm³/mol. The van der Waals surface area contributed by atoms with E-state index in [0.29, 0.717) is 12.3 Å². The molecule has 2 N–H and O–H groups in total. The third-order valence-electron chi connectivity index (χ3n) is 3.69. The van der Waals surface area contributed by atoms with Crippen LogP contribution in [0.25, 0.3) is 0 Å². The van der Waals surface area contributed by atoms with E-state index in [1.54, 1.807) is 0 Å². The van der Waals surface area contributed by atoms with E-state index in [4.69, 9.17) is 0 Å². The molecule has 1 fully saturated rings. The molecule has 0 spiro atoms. The first-order valence-corrected chi connectivity index (χ1v) is 6.68. The summed E-state index contributed by atoms with van der Waals surface area (Å²) in [7, 11) is 0. The lowest BCUT2D eigenvalue weighted by atomic mass is 10.0. The molecule has 3 heteroatoms. The maximum atomic E-state index is 11.8. The van der Waals surface area contributed by atoms with Crippen LogP contribution < -0.4 is 10.6 Å². The zero-order chi connectivity index (χ0) is 13.0. The van der Waals surface area contributed by atoms with Gasteiger partial charge in [0.15, 0.2) is 0 Å². The Morgan fingerprint density at radius 1 is 1.39 bits per heavy atom. The lowest BCUT2D eigenvalue weighted by Crippen LogP contribution is -2.31. The van der Waals surface area contributed by atoms with Crippen molar-refractivity contribution in [3.05, 3.63) is 34.9 Å². The highest BCUT2D eigenvalue weighted by Crippen LogP contribution is 2.10. The highest BCUT2D eigenvalue weighted by atomic mass is 16.1. The summed E-state index contributed by atoms with van der Waals surface area (Å²) >= 11 is 0. The van der Waals surface area contributed by atoms with Crippen LogP contribution in [0, 0.1) is 19.8 Å². The first-order valence-electron chi connectivity index (χ1n) is 6.68. The van der Waals surface area contributed by atoms with Crippen molar-refractivity contribution in [1.29, 1.82) is 0 Å². The van der Waals surface area contributed by atoms with Gasteiger partial charge < -0.3 is 10.6 Å². The number of benzene rings is 1. The summed E-state index contributed by atoms with van der Waals surface area (Å²) < 4.78 is 0. The van der Waals surface area contributed by atoms with Gasteiger partial charge in [0.1, 0.15) is 0 Å². The van der Waals surface area contributed by atoms with Crippen LogP contribution in [-0.2, 0) is 11.2 Å². The van der Waals surface area contributed by atoms with Gasteiger partial charge in [0, 0.05) is 6.54 Å². The van der Waals surface area contributed by atoms with Crippen LogP contribution in [-0.4, -0.2) is 25.5 Å². The fourth-order valence-electron chi connectivity index (χ4n) is 2.31. The van der Waals surface area contributed by atoms with Gasteiger partial charge >= 0.3 is 0 Å². The minimum Gasteiger partial charge on any atom is -0.355 e. The molecule has 1 aromatic carbocycles. The minimum atomic E-state index is 0.130. The molecule has 1 amide bonds. The highest BCUT2D eigenvalue weighted by Gasteiger charge is 2.15. The Labute approximate surface area is 109 Å². The topological polar surface area (TPSA) is 41.1 Å². The molecule has 18 heavy (non-hydrogen) atoms. The monoisotopic (exact) mass is 246 g/mol. The van der Waals surface area contributed by atoms with Crippen LogP contribution >= 0.6 is 0 Å². The van der Waals surface area contributed by atoms with Crippen molar-refractivity contribution in [1.82, 2.24) is 10.6 Å². The molecule has 1 aliphatic rings. The molecule has 98 valence electrons. The molecular formula is C15H22N2O. The van der Waals surface area contributed by atoms with Gasteiger partial charge in [0.2, 0.25) is 5.91 Å². The summed E-state index contributed by atoms with van der Waals surface area (Å²) in [5, 5.41) is 6.34. The molecule has 0 saturated carbocycles. The van der Waals surface area contributed by atoms with E-state index in [-0.39, 0.29) is 5.91 Å². The van der Waals surface area contributed by atoms with Crippen LogP contribution in [0.5, 0.6) is 0 Å². The van der Waals surface area contributed by atoms with Gasteiger partial charge in [0.05, 0.1) is 6.42 Å². The van der Waals surface area contributed by atoms with Gasteiger partial charge in [0.25, 0.3) is 0 Å². The van der Waals surface area contributed by atoms with Crippen LogP contribution in [0.15, 0.2) is 18.2 Å². The molecule has 2 rings (SSSR count). The van der Waals surface area contributed by atoms with Gasteiger partial charge in [-0.2, -0.15) is 0 Å². The summed E-state index contributed by atoms with van der Waals surface area (Å²) in [5.41, 5.74) is 3.62. The SMILES string of the molecule is Cc1ccc(CC(=O)NCC2CCNC2)cc1C. The number of carbonyl (C=O) groups excluding carboxylic acids is 1. The fraction of sp³-hybridized carbons (Fsp3) is 0.533. The Balaban J connectivity index is 1.80. The molecule has 3 nitrogen and oxygen atoms in total. The van der Waals surface area contributed by atoms with E-state index in [0.717, 1.165) is 25.2 Å². The van der Waals surface area contributed by atoms with Crippen molar-refractivity contribution in [2.24, 2.45) is 5.92 Å². The van der Waals surface area contributed by atoms with Crippen molar-refractivity contribution in [3.63, 3.8) is 0 Å². The molecular weight excluding hydrogens is 224 g/mol. The highest BCUT2D eigenvalue weighted by molar-refractivity contribution is 5.78. The van der Waals surface area contributed by atoms with E-state index in [9.17, 15) is 4.79 Å². The number of aryl methyl sites for hydroxylation is 2. The number of rotatable bonds is 4. The first kappa shape index (κ1) is 13.1. The van der Waals surface area contributed by atoms with Gasteiger partial charge in [-0.15, -0.1) is 0 Å². The summed E-state index contributed by atoms with van der Waals surface area (Å²) in [4.78, 5) is 11.8. The molecule has 0 radical (unpaired) electrons. The Bertz CT molecular complexity index is 423. The van der Waals surface area contributed by atoms with Gasteiger partial charge in [-0.1, -0.05) is 18.2 Å². The van der Waals surface area contributed by atoms with Crippen LogP contribution in [0.3, 0.4) is 0 Å². The van der Waals surface area contributed by atoms with E-state index < -0.39 is 0 Å². The molecule has 1 aromatic rings. The van der Waals surface area contributed by atoms with E-state index in [2.05, 4.69) is 36.6 Å². The third-order valence-corrected chi connectivity index (χ3v) is 3.69. The van der Waals surface area contributed by atoms with Gasteiger partial charge in [-0.05, 0) is 56.0 Å². The van der Waals surface area contributed by atoms with Crippen molar-refractivity contribution in [2.75, 3.05) is 19.6 Å². The largest absolute Gasteiger partial charge is 0.355 e. The van der Waals surface area contributed by atoms with Crippen LogP contribution in [0.4, 0.5) is 0 Å². The average molecular weight is 246 g/mol. The average Bonchev–Trinajstić information content (AvgIpc) is 2.84. The summed E-state index contributed by atoms with van der Waals surface area (Å²) in [5.74, 6) is 0.735. The maximum absolute atomic E-state index is 11.8. The van der Waals surface area contributed by atoms with Gasteiger partial charge in [-0.3, -0.25) is 4.79 Å². The fourth-order valence-corrected chi connectivity index (χ4v) is 2.31. The minimum absolute atomic E-state index is 0.130.